The lowest BCUT2D eigenvalue weighted by Gasteiger charge is -2.21. The molecule has 2 aromatic carbocycles. The monoisotopic (exact) mass is 365 g/mol. The lowest BCUT2D eigenvalue weighted by molar-refractivity contribution is 0.104. The molecule has 0 aromatic heterocycles. The number of carbonyl (C=O) groups is 1. The Labute approximate surface area is 163 Å². The second-order valence-electron chi connectivity index (χ2n) is 7.45. The molecule has 0 bridgehead atoms. The largest absolute Gasteiger partial charge is 0.373 e. The minimum Gasteiger partial charge on any atom is -0.373 e. The summed E-state index contributed by atoms with van der Waals surface area (Å²) in [5.41, 5.74) is 4.10. The molecule has 0 N–H and O–H groups in total. The van der Waals surface area contributed by atoms with Crippen LogP contribution in [-0.4, -0.2) is 63.9 Å². The third-order valence-corrected chi connectivity index (χ3v) is 4.36. The zero-order valence-electron chi connectivity index (χ0n) is 17.1. The molecule has 4 heteroatoms. The standard InChI is InChI=1S/C23H31N3O/c1-24(2)15-16-26(5)22-8-6-7-19(17-22)11-14-23(27)21-12-9-20(10-13-21)18-25(3)4/h6-14,17H,15-16,18H2,1-5H3. The number of ketones is 1. The maximum Gasteiger partial charge on any atom is 0.185 e. The fraction of sp³-hybridized carbons (Fsp3) is 0.348. The number of benzene rings is 2. The van der Waals surface area contributed by atoms with E-state index in [0.717, 1.165) is 30.9 Å². The van der Waals surface area contributed by atoms with Crippen molar-refractivity contribution in [3.05, 3.63) is 71.3 Å². The number of anilines is 1. The molecule has 0 spiro atoms. The zero-order chi connectivity index (χ0) is 19.8. The first-order valence-corrected chi connectivity index (χ1v) is 9.27. The van der Waals surface area contributed by atoms with Crippen LogP contribution in [0.4, 0.5) is 5.69 Å². The molecule has 0 radical (unpaired) electrons. The van der Waals surface area contributed by atoms with Gasteiger partial charge < -0.3 is 14.7 Å². The van der Waals surface area contributed by atoms with Crippen LogP contribution in [0.5, 0.6) is 0 Å². The molecule has 0 aliphatic carbocycles. The molecule has 0 unspecified atom stereocenters. The SMILES string of the molecule is CN(C)CCN(C)c1cccc(C=CC(=O)c2ccc(CN(C)C)cc2)c1. The van der Waals surface area contributed by atoms with Crippen molar-refractivity contribution < 1.29 is 4.79 Å². The van der Waals surface area contributed by atoms with E-state index in [0.29, 0.717) is 5.56 Å². The van der Waals surface area contributed by atoms with Gasteiger partial charge in [0, 0.05) is 37.9 Å². The summed E-state index contributed by atoms with van der Waals surface area (Å²) in [5, 5.41) is 0. The molecule has 0 aliphatic rings. The number of carbonyl (C=O) groups excluding carboxylic acids is 1. The summed E-state index contributed by atoms with van der Waals surface area (Å²) in [5.74, 6) is 0.0257. The minimum absolute atomic E-state index is 0.0257. The fourth-order valence-corrected chi connectivity index (χ4v) is 2.75. The maximum atomic E-state index is 12.4. The van der Waals surface area contributed by atoms with E-state index in [2.05, 4.69) is 48.0 Å². The summed E-state index contributed by atoms with van der Waals surface area (Å²) < 4.78 is 0. The Morgan fingerprint density at radius 2 is 1.59 bits per heavy atom. The van der Waals surface area contributed by atoms with Crippen LogP contribution < -0.4 is 4.90 Å². The van der Waals surface area contributed by atoms with Crippen molar-refractivity contribution in [2.24, 2.45) is 0 Å². The maximum absolute atomic E-state index is 12.4. The summed E-state index contributed by atoms with van der Waals surface area (Å²) in [6.07, 6.45) is 3.54. The Kier molecular flexibility index (Phi) is 7.77. The van der Waals surface area contributed by atoms with E-state index in [1.807, 2.05) is 56.6 Å². The van der Waals surface area contributed by atoms with Crippen LogP contribution in [0.1, 0.15) is 21.5 Å². The van der Waals surface area contributed by atoms with E-state index in [4.69, 9.17) is 0 Å². The average molecular weight is 366 g/mol. The number of rotatable bonds is 9. The van der Waals surface area contributed by atoms with Crippen LogP contribution in [0.25, 0.3) is 6.08 Å². The highest BCUT2D eigenvalue weighted by Gasteiger charge is 2.04. The summed E-state index contributed by atoms with van der Waals surface area (Å²) in [6.45, 7) is 2.83. The van der Waals surface area contributed by atoms with Gasteiger partial charge >= 0.3 is 0 Å². The fourth-order valence-electron chi connectivity index (χ4n) is 2.75. The van der Waals surface area contributed by atoms with Crippen molar-refractivity contribution >= 4 is 17.5 Å². The van der Waals surface area contributed by atoms with Crippen LogP contribution in [0, 0.1) is 0 Å². The molecule has 0 saturated heterocycles. The molecular weight excluding hydrogens is 334 g/mol. The van der Waals surface area contributed by atoms with Gasteiger partial charge in [-0.2, -0.15) is 0 Å². The van der Waals surface area contributed by atoms with Gasteiger partial charge in [-0.1, -0.05) is 42.5 Å². The molecule has 27 heavy (non-hydrogen) atoms. The van der Waals surface area contributed by atoms with Crippen molar-refractivity contribution in [3.63, 3.8) is 0 Å². The number of nitrogens with zero attached hydrogens (tertiary/aromatic N) is 3. The quantitative estimate of drug-likeness (QED) is 0.501. The van der Waals surface area contributed by atoms with Gasteiger partial charge in [-0.3, -0.25) is 4.79 Å². The van der Waals surface area contributed by atoms with Gasteiger partial charge in [0.2, 0.25) is 0 Å². The van der Waals surface area contributed by atoms with Crippen LogP contribution in [0.15, 0.2) is 54.6 Å². The number of hydrogen-bond donors (Lipinski definition) is 0. The average Bonchev–Trinajstić information content (AvgIpc) is 2.64. The predicted octanol–water partition coefficient (Wildman–Crippen LogP) is 3.64. The van der Waals surface area contributed by atoms with Crippen LogP contribution in [0.2, 0.25) is 0 Å². The highest BCUT2D eigenvalue weighted by Crippen LogP contribution is 2.16. The first-order valence-electron chi connectivity index (χ1n) is 9.27. The van der Waals surface area contributed by atoms with E-state index in [1.165, 1.54) is 5.56 Å². The molecule has 0 fully saturated rings. The molecule has 4 nitrogen and oxygen atoms in total. The molecule has 0 saturated carbocycles. The highest BCUT2D eigenvalue weighted by molar-refractivity contribution is 6.06. The Balaban J connectivity index is 2.02. The number of hydrogen-bond acceptors (Lipinski definition) is 4. The summed E-state index contributed by atoms with van der Waals surface area (Å²) in [4.78, 5) is 18.9. The van der Waals surface area contributed by atoms with Gasteiger partial charge in [-0.05, 0) is 57.5 Å². The topological polar surface area (TPSA) is 26.8 Å². The summed E-state index contributed by atoms with van der Waals surface area (Å²) >= 11 is 0. The first kappa shape index (κ1) is 20.9. The van der Waals surface area contributed by atoms with Crippen molar-refractivity contribution in [2.45, 2.75) is 6.54 Å². The third kappa shape index (κ3) is 7.00. The summed E-state index contributed by atoms with van der Waals surface area (Å²) in [6, 6.07) is 16.1. The molecule has 0 atom stereocenters. The Morgan fingerprint density at radius 3 is 2.22 bits per heavy atom. The van der Waals surface area contributed by atoms with Crippen LogP contribution in [-0.2, 0) is 6.54 Å². The zero-order valence-corrected chi connectivity index (χ0v) is 17.1. The Morgan fingerprint density at radius 1 is 0.889 bits per heavy atom. The van der Waals surface area contributed by atoms with Gasteiger partial charge in [-0.15, -0.1) is 0 Å². The third-order valence-electron chi connectivity index (χ3n) is 4.36. The minimum atomic E-state index is 0.0257. The second-order valence-corrected chi connectivity index (χ2v) is 7.45. The first-order chi connectivity index (χ1) is 12.8. The Bertz CT molecular complexity index is 763. The van der Waals surface area contributed by atoms with Crippen LogP contribution in [0.3, 0.4) is 0 Å². The molecule has 144 valence electrons. The molecule has 2 rings (SSSR count). The molecule has 0 amide bonds. The van der Waals surface area contributed by atoms with Crippen molar-refractivity contribution in [1.29, 1.82) is 0 Å². The van der Waals surface area contributed by atoms with Crippen LogP contribution >= 0.6 is 0 Å². The predicted molar refractivity (Wildman–Crippen MR) is 115 cm³/mol. The van der Waals surface area contributed by atoms with Gasteiger partial charge in [0.05, 0.1) is 0 Å². The second kappa shape index (κ2) is 10.0. The van der Waals surface area contributed by atoms with Gasteiger partial charge in [0.25, 0.3) is 0 Å². The van der Waals surface area contributed by atoms with Gasteiger partial charge in [-0.25, -0.2) is 0 Å². The van der Waals surface area contributed by atoms with Crippen molar-refractivity contribution in [2.75, 3.05) is 53.2 Å². The molecule has 0 heterocycles. The number of likely N-dealkylation sites (N-methyl/N-ethyl adjacent to an activating group) is 2. The van der Waals surface area contributed by atoms with Gasteiger partial charge in [0.1, 0.15) is 0 Å². The normalized spacial score (nSPS) is 11.5. The Hall–Kier alpha value is -2.43. The van der Waals surface area contributed by atoms with Crippen molar-refractivity contribution in [1.82, 2.24) is 9.80 Å². The van der Waals surface area contributed by atoms with E-state index >= 15 is 0 Å². The van der Waals surface area contributed by atoms with Crippen molar-refractivity contribution in [3.8, 4) is 0 Å². The van der Waals surface area contributed by atoms with E-state index in [9.17, 15) is 4.79 Å². The smallest absolute Gasteiger partial charge is 0.185 e. The van der Waals surface area contributed by atoms with E-state index in [-0.39, 0.29) is 5.78 Å². The van der Waals surface area contributed by atoms with E-state index < -0.39 is 0 Å². The lowest BCUT2D eigenvalue weighted by atomic mass is 10.1. The number of allylic oxidation sites excluding steroid dienone is 1. The molecule has 0 aliphatic heterocycles. The van der Waals surface area contributed by atoms with E-state index in [1.54, 1.807) is 6.08 Å². The molecular formula is C23H31N3O. The lowest BCUT2D eigenvalue weighted by Crippen LogP contribution is -2.28. The summed E-state index contributed by atoms with van der Waals surface area (Å²) in [7, 11) is 10.3. The van der Waals surface area contributed by atoms with Gasteiger partial charge in [0.15, 0.2) is 5.78 Å². The highest BCUT2D eigenvalue weighted by atomic mass is 16.1. The molecule has 2 aromatic rings.